The molecule has 1 aliphatic heterocycles. The number of rotatable bonds is 4. The lowest BCUT2D eigenvalue weighted by molar-refractivity contribution is -0.127. The summed E-state index contributed by atoms with van der Waals surface area (Å²) in [6.45, 7) is 0.935. The number of sulfonamides is 1. The van der Waals surface area contributed by atoms with Gasteiger partial charge in [-0.05, 0) is 42.5 Å². The van der Waals surface area contributed by atoms with Crippen LogP contribution in [-0.4, -0.2) is 49.7 Å². The maximum Gasteiger partial charge on any atom is 0.246 e. The van der Waals surface area contributed by atoms with Crippen molar-refractivity contribution in [2.45, 2.75) is 4.90 Å². The zero-order valence-electron chi connectivity index (χ0n) is 14.7. The Balaban J connectivity index is 1.62. The highest BCUT2D eigenvalue weighted by Crippen LogP contribution is 2.20. The number of carbonyl (C=O) groups is 1. The second-order valence-electron chi connectivity index (χ2n) is 6.18. The Morgan fingerprint density at radius 1 is 1.07 bits per heavy atom. The predicted octanol–water partition coefficient (Wildman–Crippen LogP) is 3.79. The summed E-state index contributed by atoms with van der Waals surface area (Å²) in [5.74, 6) is -0.808. The summed E-state index contributed by atoms with van der Waals surface area (Å²) < 4.78 is 41.3. The molecule has 148 valence electrons. The molecule has 0 radical (unpaired) electrons. The second-order valence-corrected chi connectivity index (χ2v) is 9.47. The lowest BCUT2D eigenvalue weighted by Gasteiger charge is -2.33. The Bertz CT molecular complexity index is 1000. The molecule has 9 heteroatoms. The SMILES string of the molecule is O=C(C=Cc1ccc(Cl)cc1F)N1CCN(S(=O)(=O)c2ccc(Br)cc2)CC1. The molecular weight excluding hydrogens is 471 g/mol. The molecule has 1 heterocycles. The normalized spacial score (nSPS) is 15.9. The third kappa shape index (κ3) is 4.81. The van der Waals surface area contributed by atoms with Crippen molar-refractivity contribution in [3.8, 4) is 0 Å². The van der Waals surface area contributed by atoms with Crippen LogP contribution in [0, 0.1) is 5.82 Å². The third-order valence-electron chi connectivity index (χ3n) is 4.37. The van der Waals surface area contributed by atoms with E-state index in [2.05, 4.69) is 15.9 Å². The van der Waals surface area contributed by atoms with Crippen LogP contribution in [0.1, 0.15) is 5.56 Å². The highest BCUT2D eigenvalue weighted by atomic mass is 79.9. The first-order chi connectivity index (χ1) is 13.3. The smallest absolute Gasteiger partial charge is 0.246 e. The van der Waals surface area contributed by atoms with E-state index in [0.717, 1.165) is 4.47 Å². The van der Waals surface area contributed by atoms with Crippen LogP contribution in [0.2, 0.25) is 5.02 Å². The Kier molecular flexibility index (Phi) is 6.54. The van der Waals surface area contributed by atoms with E-state index < -0.39 is 15.8 Å². The maximum absolute atomic E-state index is 13.8. The molecular formula is C19H17BrClFN2O3S. The van der Waals surface area contributed by atoms with Gasteiger partial charge in [-0.15, -0.1) is 0 Å². The molecule has 0 atom stereocenters. The number of amides is 1. The molecule has 0 bridgehead atoms. The Morgan fingerprint density at radius 2 is 1.71 bits per heavy atom. The predicted molar refractivity (Wildman–Crippen MR) is 110 cm³/mol. The standard InChI is InChI=1S/C19H17BrClFN2O3S/c20-15-3-6-17(7-4-15)28(26,27)24-11-9-23(10-12-24)19(25)8-2-14-1-5-16(21)13-18(14)22/h1-8,13H,9-12H2. The van der Waals surface area contributed by atoms with E-state index >= 15 is 0 Å². The zero-order valence-corrected chi connectivity index (χ0v) is 17.8. The van der Waals surface area contributed by atoms with Gasteiger partial charge in [0.05, 0.1) is 4.90 Å². The molecule has 0 saturated carbocycles. The molecule has 1 fully saturated rings. The highest BCUT2D eigenvalue weighted by Gasteiger charge is 2.29. The number of hydrogen-bond donors (Lipinski definition) is 0. The minimum Gasteiger partial charge on any atom is -0.337 e. The monoisotopic (exact) mass is 486 g/mol. The molecule has 2 aromatic carbocycles. The van der Waals surface area contributed by atoms with Crippen LogP contribution in [-0.2, 0) is 14.8 Å². The van der Waals surface area contributed by atoms with E-state index in [1.54, 1.807) is 30.3 Å². The molecule has 0 N–H and O–H groups in total. The van der Waals surface area contributed by atoms with E-state index in [0.29, 0.717) is 0 Å². The van der Waals surface area contributed by atoms with Crippen molar-refractivity contribution in [1.82, 2.24) is 9.21 Å². The molecule has 0 unspecified atom stereocenters. The van der Waals surface area contributed by atoms with Crippen LogP contribution >= 0.6 is 27.5 Å². The van der Waals surface area contributed by atoms with Gasteiger partial charge >= 0.3 is 0 Å². The fourth-order valence-corrected chi connectivity index (χ4v) is 4.65. The molecule has 0 spiro atoms. The van der Waals surface area contributed by atoms with E-state index in [1.165, 1.54) is 33.5 Å². The van der Waals surface area contributed by atoms with Gasteiger partial charge in [0.25, 0.3) is 0 Å². The first kappa shape index (κ1) is 21.0. The van der Waals surface area contributed by atoms with Gasteiger partial charge < -0.3 is 4.90 Å². The lowest BCUT2D eigenvalue weighted by Crippen LogP contribution is -2.50. The van der Waals surface area contributed by atoms with Crippen molar-refractivity contribution in [2.24, 2.45) is 0 Å². The summed E-state index contributed by atoms with van der Waals surface area (Å²) in [5.41, 5.74) is 0.259. The van der Waals surface area contributed by atoms with Crippen LogP contribution in [0.4, 0.5) is 4.39 Å². The summed E-state index contributed by atoms with van der Waals surface area (Å²) in [6, 6.07) is 10.6. The summed E-state index contributed by atoms with van der Waals surface area (Å²) in [6.07, 6.45) is 2.67. The fraction of sp³-hybridized carbons (Fsp3) is 0.211. The highest BCUT2D eigenvalue weighted by molar-refractivity contribution is 9.10. The van der Waals surface area contributed by atoms with Gasteiger partial charge in [0.15, 0.2) is 0 Å². The third-order valence-corrected chi connectivity index (χ3v) is 7.05. The minimum atomic E-state index is -3.60. The Hall–Kier alpha value is -1.74. The second kappa shape index (κ2) is 8.73. The topological polar surface area (TPSA) is 57.7 Å². The Labute approximate surface area is 176 Å². The summed E-state index contributed by atoms with van der Waals surface area (Å²) >= 11 is 8.99. The molecule has 28 heavy (non-hydrogen) atoms. The van der Waals surface area contributed by atoms with E-state index in [1.807, 2.05) is 0 Å². The summed E-state index contributed by atoms with van der Waals surface area (Å²) in [4.78, 5) is 14.1. The van der Waals surface area contributed by atoms with Crippen molar-refractivity contribution in [3.05, 3.63) is 69.4 Å². The van der Waals surface area contributed by atoms with Crippen molar-refractivity contribution in [3.63, 3.8) is 0 Å². The molecule has 2 aromatic rings. The van der Waals surface area contributed by atoms with Crippen LogP contribution in [0.25, 0.3) is 6.08 Å². The van der Waals surface area contributed by atoms with E-state index in [4.69, 9.17) is 11.6 Å². The van der Waals surface area contributed by atoms with Crippen LogP contribution < -0.4 is 0 Å². The average molecular weight is 488 g/mol. The van der Waals surface area contributed by atoms with Gasteiger partial charge in [0, 0.05) is 47.3 Å². The van der Waals surface area contributed by atoms with Crippen molar-refractivity contribution >= 4 is 49.5 Å². The number of hydrogen-bond acceptors (Lipinski definition) is 3. The van der Waals surface area contributed by atoms with Crippen molar-refractivity contribution in [1.29, 1.82) is 0 Å². The largest absolute Gasteiger partial charge is 0.337 e. The number of piperazine rings is 1. The van der Waals surface area contributed by atoms with E-state index in [9.17, 15) is 17.6 Å². The Morgan fingerprint density at radius 3 is 2.32 bits per heavy atom. The van der Waals surface area contributed by atoms with Crippen LogP contribution in [0.3, 0.4) is 0 Å². The summed E-state index contributed by atoms with van der Waals surface area (Å²) in [7, 11) is -3.60. The number of carbonyl (C=O) groups excluding carboxylic acids is 1. The molecule has 1 amide bonds. The van der Waals surface area contributed by atoms with Gasteiger partial charge in [-0.2, -0.15) is 4.31 Å². The quantitative estimate of drug-likeness (QED) is 0.617. The molecule has 5 nitrogen and oxygen atoms in total. The number of halogens is 3. The first-order valence-corrected chi connectivity index (χ1v) is 11.1. The number of benzene rings is 2. The van der Waals surface area contributed by atoms with Gasteiger partial charge in [0.1, 0.15) is 5.82 Å². The van der Waals surface area contributed by atoms with Gasteiger partial charge in [-0.3, -0.25) is 4.79 Å². The molecule has 1 aliphatic rings. The number of nitrogens with zero attached hydrogens (tertiary/aromatic N) is 2. The lowest BCUT2D eigenvalue weighted by atomic mass is 10.2. The van der Waals surface area contributed by atoms with E-state index in [-0.39, 0.29) is 47.6 Å². The fourth-order valence-electron chi connectivity index (χ4n) is 2.81. The molecule has 3 rings (SSSR count). The van der Waals surface area contributed by atoms with Gasteiger partial charge in [-0.25, -0.2) is 12.8 Å². The van der Waals surface area contributed by atoms with Gasteiger partial charge in [0.2, 0.25) is 15.9 Å². The molecule has 0 aromatic heterocycles. The first-order valence-electron chi connectivity index (χ1n) is 8.45. The van der Waals surface area contributed by atoms with Gasteiger partial charge in [-0.1, -0.05) is 33.6 Å². The maximum atomic E-state index is 13.8. The molecule has 1 saturated heterocycles. The van der Waals surface area contributed by atoms with Crippen molar-refractivity contribution in [2.75, 3.05) is 26.2 Å². The zero-order chi connectivity index (χ0) is 20.3. The van der Waals surface area contributed by atoms with Crippen LogP contribution in [0.15, 0.2) is 57.9 Å². The van der Waals surface area contributed by atoms with Crippen LogP contribution in [0.5, 0.6) is 0 Å². The van der Waals surface area contributed by atoms with Crippen molar-refractivity contribution < 1.29 is 17.6 Å². The minimum absolute atomic E-state index is 0.202. The molecule has 0 aliphatic carbocycles. The summed E-state index contributed by atoms with van der Waals surface area (Å²) in [5, 5.41) is 0.282. The average Bonchev–Trinajstić information content (AvgIpc) is 2.67.